The third-order valence-electron chi connectivity index (χ3n) is 6.59. The van der Waals surface area contributed by atoms with Crippen molar-refractivity contribution in [3.05, 3.63) is 53.6 Å². The van der Waals surface area contributed by atoms with Gasteiger partial charge in [-0.2, -0.15) is 13.1 Å². The zero-order valence-corrected chi connectivity index (χ0v) is 19.2. The van der Waals surface area contributed by atoms with Crippen LogP contribution in [0.4, 0.5) is 0 Å². The number of nitrogens with zero attached hydrogens (tertiary/aromatic N) is 4. The first kappa shape index (κ1) is 21.0. The van der Waals surface area contributed by atoms with Crippen molar-refractivity contribution in [3.63, 3.8) is 0 Å². The Morgan fingerprint density at radius 3 is 2.35 bits per heavy atom. The van der Waals surface area contributed by atoms with E-state index in [0.717, 1.165) is 37.5 Å². The van der Waals surface area contributed by atoms with Gasteiger partial charge in [-0.25, -0.2) is 8.42 Å². The molecule has 6 nitrogen and oxygen atoms in total. The van der Waals surface area contributed by atoms with E-state index in [4.69, 9.17) is 0 Å². The Bertz CT molecular complexity index is 1130. The maximum atomic E-state index is 13.2. The molecule has 3 heterocycles. The molecule has 2 aliphatic rings. The molecule has 5 rings (SSSR count). The van der Waals surface area contributed by atoms with Crippen LogP contribution in [0, 0.1) is 5.92 Å². The van der Waals surface area contributed by atoms with Gasteiger partial charge in [0.05, 0.1) is 11.7 Å². The Morgan fingerprint density at radius 2 is 1.61 bits per heavy atom. The van der Waals surface area contributed by atoms with Gasteiger partial charge in [0.25, 0.3) is 0 Å². The highest BCUT2D eigenvalue weighted by Gasteiger charge is 2.31. The minimum absolute atomic E-state index is 0.283. The van der Waals surface area contributed by atoms with Crippen molar-refractivity contribution >= 4 is 32.8 Å². The second-order valence-electron chi connectivity index (χ2n) is 8.74. The Kier molecular flexibility index (Phi) is 6.05. The molecule has 2 aliphatic heterocycles. The molecular weight excluding hydrogens is 428 g/mol. The Morgan fingerprint density at radius 1 is 0.903 bits per heavy atom. The molecule has 8 heteroatoms. The summed E-state index contributed by atoms with van der Waals surface area (Å²) in [7, 11) is -3.54. The fraction of sp³-hybridized carbons (Fsp3) is 0.478. The zero-order chi connectivity index (χ0) is 21.3. The van der Waals surface area contributed by atoms with E-state index in [1.165, 1.54) is 37.1 Å². The third kappa shape index (κ3) is 4.53. The molecule has 0 saturated carbocycles. The Hall–Kier alpha value is -1.87. The summed E-state index contributed by atoms with van der Waals surface area (Å²) in [6, 6.07) is 14.2. The summed E-state index contributed by atoms with van der Waals surface area (Å²) in [5.41, 5.74) is 3.87. The lowest BCUT2D eigenvalue weighted by Crippen LogP contribution is -2.39. The first-order chi connectivity index (χ1) is 15.1. The van der Waals surface area contributed by atoms with E-state index in [9.17, 15) is 8.42 Å². The van der Waals surface area contributed by atoms with Crippen molar-refractivity contribution < 1.29 is 8.42 Å². The zero-order valence-electron chi connectivity index (χ0n) is 17.6. The van der Waals surface area contributed by atoms with Gasteiger partial charge in [0, 0.05) is 19.6 Å². The van der Waals surface area contributed by atoms with E-state index in [2.05, 4.69) is 37.9 Å². The van der Waals surface area contributed by atoms with Crippen LogP contribution >= 0.6 is 11.7 Å². The van der Waals surface area contributed by atoms with Gasteiger partial charge in [0.15, 0.2) is 0 Å². The van der Waals surface area contributed by atoms with E-state index in [1.807, 2.05) is 0 Å². The average molecular weight is 457 g/mol. The largest absolute Gasteiger partial charge is 0.299 e. The summed E-state index contributed by atoms with van der Waals surface area (Å²) in [5.74, 6) is 0.521. The molecule has 0 bridgehead atoms. The van der Waals surface area contributed by atoms with Gasteiger partial charge in [-0.05, 0) is 74.4 Å². The summed E-state index contributed by atoms with van der Waals surface area (Å²) < 4.78 is 36.4. The molecule has 0 spiro atoms. The highest BCUT2D eigenvalue weighted by atomic mass is 32.2. The molecule has 0 atom stereocenters. The fourth-order valence-electron chi connectivity index (χ4n) is 4.80. The number of fused-ring (bicyclic) bond motifs is 1. The van der Waals surface area contributed by atoms with Crippen molar-refractivity contribution in [3.8, 4) is 0 Å². The summed E-state index contributed by atoms with van der Waals surface area (Å²) in [6.07, 6.45) is 5.44. The summed E-state index contributed by atoms with van der Waals surface area (Å²) in [5, 5.41) is 0. The van der Waals surface area contributed by atoms with Crippen molar-refractivity contribution in [1.29, 1.82) is 0 Å². The second-order valence-corrected chi connectivity index (χ2v) is 11.2. The highest BCUT2D eigenvalue weighted by molar-refractivity contribution is 7.89. The van der Waals surface area contributed by atoms with Crippen molar-refractivity contribution in [2.24, 2.45) is 5.92 Å². The Labute approximate surface area is 188 Å². The van der Waals surface area contributed by atoms with Crippen LogP contribution in [0.25, 0.3) is 11.0 Å². The lowest BCUT2D eigenvalue weighted by atomic mass is 9.91. The van der Waals surface area contributed by atoms with E-state index in [1.54, 1.807) is 22.5 Å². The van der Waals surface area contributed by atoms with Gasteiger partial charge in [-0.3, -0.25) is 4.90 Å². The van der Waals surface area contributed by atoms with Crippen LogP contribution in [-0.2, 0) is 23.0 Å². The number of likely N-dealkylation sites (tertiary alicyclic amines) is 1. The molecule has 2 saturated heterocycles. The van der Waals surface area contributed by atoms with Crippen molar-refractivity contribution in [2.75, 3.05) is 26.2 Å². The maximum absolute atomic E-state index is 13.2. The fourth-order valence-corrected chi connectivity index (χ4v) is 7.02. The van der Waals surface area contributed by atoms with Crippen LogP contribution in [-0.4, -0.2) is 52.5 Å². The molecular formula is C23H28N4O2S2. The number of benzene rings is 2. The standard InChI is InChI=1S/C23H28N4O2S2/c28-31(29,22-5-3-4-21-23(22)25-30-24-21)27-14-10-19(11-15-27)16-18-6-8-20(9-7-18)17-26-12-1-2-13-26/h3-9,19H,1-2,10-17H2. The SMILES string of the molecule is O=S(=O)(c1cccc2nsnc12)N1CCC(Cc2ccc(CN3CCCC3)cc2)CC1. The highest BCUT2D eigenvalue weighted by Crippen LogP contribution is 2.29. The lowest BCUT2D eigenvalue weighted by Gasteiger charge is -2.31. The molecule has 0 unspecified atom stereocenters. The molecule has 3 aromatic rings. The monoisotopic (exact) mass is 456 g/mol. The van der Waals surface area contributed by atoms with Crippen LogP contribution in [0.1, 0.15) is 36.8 Å². The molecule has 2 aromatic carbocycles. The van der Waals surface area contributed by atoms with Crippen LogP contribution in [0.2, 0.25) is 0 Å². The lowest BCUT2D eigenvalue weighted by molar-refractivity contribution is 0.273. The molecule has 2 fully saturated rings. The number of hydrogen-bond acceptors (Lipinski definition) is 6. The molecule has 0 radical (unpaired) electrons. The molecule has 31 heavy (non-hydrogen) atoms. The van der Waals surface area contributed by atoms with Gasteiger partial charge in [-0.1, -0.05) is 30.3 Å². The maximum Gasteiger partial charge on any atom is 0.245 e. The van der Waals surface area contributed by atoms with Gasteiger partial charge in [0.2, 0.25) is 10.0 Å². The summed E-state index contributed by atoms with van der Waals surface area (Å²) in [6.45, 7) is 4.62. The van der Waals surface area contributed by atoms with E-state index < -0.39 is 10.0 Å². The van der Waals surface area contributed by atoms with E-state index >= 15 is 0 Å². The van der Waals surface area contributed by atoms with E-state index in [0.29, 0.717) is 30.0 Å². The van der Waals surface area contributed by atoms with Crippen molar-refractivity contribution in [1.82, 2.24) is 18.0 Å². The smallest absolute Gasteiger partial charge is 0.245 e. The van der Waals surface area contributed by atoms with E-state index in [-0.39, 0.29) is 4.90 Å². The first-order valence-electron chi connectivity index (χ1n) is 11.1. The van der Waals surface area contributed by atoms with Gasteiger partial charge < -0.3 is 0 Å². The predicted octanol–water partition coefficient (Wildman–Crippen LogP) is 3.93. The molecule has 0 amide bonds. The van der Waals surface area contributed by atoms with Crippen LogP contribution < -0.4 is 0 Å². The summed E-state index contributed by atoms with van der Waals surface area (Å²) >= 11 is 1.06. The summed E-state index contributed by atoms with van der Waals surface area (Å²) in [4.78, 5) is 2.80. The van der Waals surface area contributed by atoms with Crippen molar-refractivity contribution in [2.45, 2.75) is 43.5 Å². The normalized spacial score (nSPS) is 19.4. The topological polar surface area (TPSA) is 66.4 Å². The molecule has 164 valence electrons. The number of aromatic nitrogens is 2. The number of sulfonamides is 1. The third-order valence-corrected chi connectivity index (χ3v) is 9.07. The van der Waals surface area contributed by atoms with Gasteiger partial charge in [0.1, 0.15) is 15.9 Å². The molecule has 0 N–H and O–H groups in total. The van der Waals surface area contributed by atoms with Crippen LogP contribution in [0.3, 0.4) is 0 Å². The van der Waals surface area contributed by atoms with Gasteiger partial charge in [-0.15, -0.1) is 0 Å². The Balaban J connectivity index is 1.19. The minimum Gasteiger partial charge on any atom is -0.299 e. The number of hydrogen-bond donors (Lipinski definition) is 0. The van der Waals surface area contributed by atoms with Gasteiger partial charge >= 0.3 is 0 Å². The van der Waals surface area contributed by atoms with Crippen LogP contribution in [0.5, 0.6) is 0 Å². The second kappa shape index (κ2) is 8.94. The first-order valence-corrected chi connectivity index (χ1v) is 13.3. The molecule has 0 aliphatic carbocycles. The quantitative estimate of drug-likeness (QED) is 0.562. The predicted molar refractivity (Wildman–Crippen MR) is 124 cm³/mol. The molecule has 1 aromatic heterocycles. The van der Waals surface area contributed by atoms with Crippen LogP contribution in [0.15, 0.2) is 47.4 Å². The average Bonchev–Trinajstić information content (AvgIpc) is 3.47. The number of piperidine rings is 1. The minimum atomic E-state index is -3.54. The number of rotatable bonds is 6.